The fraction of sp³-hybridized carbons (Fsp3) is 0.611. The maximum atomic E-state index is 13.5. The lowest BCUT2D eigenvalue weighted by Gasteiger charge is -2.43. The first-order valence-electron chi connectivity index (χ1n) is 8.90. The molecule has 1 aromatic carbocycles. The van der Waals surface area contributed by atoms with Gasteiger partial charge in [0.15, 0.2) is 0 Å². The van der Waals surface area contributed by atoms with Crippen LogP contribution < -0.4 is 4.31 Å². The Kier molecular flexibility index (Phi) is 5.25. The number of hydrogen-bond acceptors (Lipinski definition) is 4. The second-order valence-electron chi connectivity index (χ2n) is 7.44. The van der Waals surface area contributed by atoms with Crippen molar-refractivity contribution in [2.75, 3.05) is 30.2 Å². The maximum Gasteiger partial charge on any atom is 0.243 e. The summed E-state index contributed by atoms with van der Waals surface area (Å²) in [6, 6.07) is 5.21. The Balaban J connectivity index is 1.78. The third-order valence-corrected chi connectivity index (χ3v) is 6.74. The minimum absolute atomic E-state index is 0.133. The van der Waals surface area contributed by atoms with Gasteiger partial charge in [0.05, 0.1) is 18.0 Å². The van der Waals surface area contributed by atoms with Crippen LogP contribution in [0.3, 0.4) is 0 Å². The van der Waals surface area contributed by atoms with Crippen molar-refractivity contribution >= 4 is 21.6 Å². The van der Waals surface area contributed by atoms with Crippen LogP contribution in [0.25, 0.3) is 0 Å². The summed E-state index contributed by atoms with van der Waals surface area (Å²) in [5.74, 6) is -0.882. The smallest absolute Gasteiger partial charge is 0.243 e. The van der Waals surface area contributed by atoms with Gasteiger partial charge in [0.2, 0.25) is 15.9 Å². The van der Waals surface area contributed by atoms with Gasteiger partial charge in [-0.3, -0.25) is 9.10 Å². The molecule has 1 N–H and O–H groups in total. The number of benzene rings is 1. The molecule has 1 saturated carbocycles. The van der Waals surface area contributed by atoms with Gasteiger partial charge in [-0.1, -0.05) is 12.5 Å². The number of sulfonamides is 1. The molecule has 1 saturated heterocycles. The van der Waals surface area contributed by atoms with Crippen LogP contribution in [0.5, 0.6) is 0 Å². The van der Waals surface area contributed by atoms with Gasteiger partial charge in [0, 0.05) is 18.5 Å². The number of anilines is 1. The molecule has 0 radical (unpaired) electrons. The van der Waals surface area contributed by atoms with Crippen LogP contribution in [-0.4, -0.2) is 56.3 Å². The van der Waals surface area contributed by atoms with Gasteiger partial charge < -0.3 is 10.0 Å². The molecule has 6 nitrogen and oxygen atoms in total. The number of amides is 1. The zero-order valence-corrected chi connectivity index (χ0v) is 15.7. The second-order valence-corrected chi connectivity index (χ2v) is 9.35. The highest BCUT2D eigenvalue weighted by atomic mass is 32.2. The van der Waals surface area contributed by atoms with Crippen LogP contribution in [0.4, 0.5) is 10.1 Å². The van der Waals surface area contributed by atoms with Gasteiger partial charge in [-0.05, 0) is 43.9 Å². The second kappa shape index (κ2) is 7.15. The lowest BCUT2D eigenvalue weighted by Crippen LogP contribution is -2.52. The average molecular weight is 384 g/mol. The molecule has 1 aliphatic carbocycles. The number of halogens is 1. The van der Waals surface area contributed by atoms with Gasteiger partial charge in [-0.15, -0.1) is 0 Å². The molecule has 2 aliphatic rings. The predicted molar refractivity (Wildman–Crippen MR) is 96.7 cm³/mol. The quantitative estimate of drug-likeness (QED) is 0.858. The zero-order chi connectivity index (χ0) is 18.9. The van der Waals surface area contributed by atoms with Crippen molar-refractivity contribution in [2.45, 2.75) is 38.2 Å². The molecular formula is C18H25FN2O4S. The highest BCUT2D eigenvalue weighted by Crippen LogP contribution is 2.45. The van der Waals surface area contributed by atoms with E-state index in [-0.39, 0.29) is 23.6 Å². The van der Waals surface area contributed by atoms with Crippen LogP contribution in [-0.2, 0) is 14.8 Å². The van der Waals surface area contributed by atoms with Crippen molar-refractivity contribution in [3.8, 4) is 0 Å². The van der Waals surface area contributed by atoms with Crippen molar-refractivity contribution < 1.29 is 22.7 Å². The van der Waals surface area contributed by atoms with Crippen LogP contribution >= 0.6 is 0 Å². The van der Waals surface area contributed by atoms with Gasteiger partial charge in [-0.25, -0.2) is 12.8 Å². The van der Waals surface area contributed by atoms with Crippen molar-refractivity contribution in [2.24, 2.45) is 5.41 Å². The van der Waals surface area contributed by atoms with E-state index in [0.29, 0.717) is 13.1 Å². The highest BCUT2D eigenvalue weighted by Gasteiger charge is 2.45. The molecule has 1 spiro atoms. The zero-order valence-electron chi connectivity index (χ0n) is 14.9. The fourth-order valence-electron chi connectivity index (χ4n) is 4.22. The lowest BCUT2D eigenvalue weighted by atomic mass is 9.76. The standard InChI is InChI=1S/C18H25FN2O4S/c1-26(24,25)21(15-6-2-5-14(19)11-15)12-17(23)20-10-4-9-18(13-20)8-3-7-16(18)22/h2,5-6,11,16,22H,3-4,7-10,12-13H2,1H3/t16-,18-/m1/s1. The number of aliphatic hydroxyl groups excluding tert-OH is 1. The molecule has 0 bridgehead atoms. The Labute approximate surface area is 153 Å². The Hall–Kier alpha value is -1.67. The Morgan fingerprint density at radius 2 is 2.12 bits per heavy atom. The molecule has 2 fully saturated rings. The molecule has 26 heavy (non-hydrogen) atoms. The molecule has 144 valence electrons. The SMILES string of the molecule is CS(=O)(=O)N(CC(=O)N1CCC[C@]2(CCC[C@H]2O)C1)c1cccc(F)c1. The molecule has 0 unspecified atom stereocenters. The van der Waals surface area contributed by atoms with E-state index in [2.05, 4.69) is 0 Å². The van der Waals surface area contributed by atoms with Gasteiger partial charge in [0.25, 0.3) is 0 Å². The first kappa shape index (κ1) is 19.1. The number of carbonyl (C=O) groups is 1. The Morgan fingerprint density at radius 3 is 2.73 bits per heavy atom. The van der Waals surface area contributed by atoms with E-state index in [1.807, 2.05) is 0 Å². The van der Waals surface area contributed by atoms with Crippen LogP contribution in [0.15, 0.2) is 24.3 Å². The van der Waals surface area contributed by atoms with Gasteiger partial charge >= 0.3 is 0 Å². The minimum atomic E-state index is -3.74. The number of likely N-dealkylation sites (tertiary alicyclic amines) is 1. The lowest BCUT2D eigenvalue weighted by molar-refractivity contribution is -0.134. The van der Waals surface area contributed by atoms with Crippen molar-refractivity contribution in [1.82, 2.24) is 4.90 Å². The average Bonchev–Trinajstić information content (AvgIpc) is 2.91. The van der Waals surface area contributed by atoms with Crippen LogP contribution in [0.1, 0.15) is 32.1 Å². The fourth-order valence-corrected chi connectivity index (χ4v) is 5.06. The number of rotatable bonds is 4. The maximum absolute atomic E-state index is 13.5. The topological polar surface area (TPSA) is 77.9 Å². The third kappa shape index (κ3) is 3.86. The normalized spacial score (nSPS) is 26.3. The summed E-state index contributed by atoms with van der Waals surface area (Å²) in [4.78, 5) is 14.5. The van der Waals surface area contributed by atoms with Gasteiger partial charge in [0.1, 0.15) is 12.4 Å². The molecule has 0 aromatic heterocycles. The summed E-state index contributed by atoms with van der Waals surface area (Å²) >= 11 is 0. The number of nitrogens with zero attached hydrogens (tertiary/aromatic N) is 2. The van der Waals surface area contributed by atoms with E-state index in [0.717, 1.165) is 48.7 Å². The number of aliphatic hydroxyl groups is 1. The molecule has 3 rings (SSSR count). The third-order valence-electron chi connectivity index (χ3n) is 5.60. The first-order chi connectivity index (χ1) is 12.2. The molecule has 1 amide bonds. The van der Waals surface area contributed by atoms with E-state index < -0.39 is 21.9 Å². The minimum Gasteiger partial charge on any atom is -0.392 e. The number of piperidine rings is 1. The summed E-state index contributed by atoms with van der Waals surface area (Å²) in [6.45, 7) is 0.635. The summed E-state index contributed by atoms with van der Waals surface area (Å²) in [5.41, 5.74) is -0.128. The molecule has 8 heteroatoms. The summed E-state index contributed by atoms with van der Waals surface area (Å²) in [5, 5.41) is 10.3. The van der Waals surface area contributed by atoms with E-state index >= 15 is 0 Å². The molecular weight excluding hydrogens is 359 g/mol. The first-order valence-corrected chi connectivity index (χ1v) is 10.8. The van der Waals surface area contributed by atoms with E-state index in [1.54, 1.807) is 4.90 Å². The summed E-state index contributed by atoms with van der Waals surface area (Å²) in [6.07, 6.45) is 4.86. The van der Waals surface area contributed by atoms with E-state index in [4.69, 9.17) is 0 Å². The van der Waals surface area contributed by atoms with E-state index in [1.165, 1.54) is 18.2 Å². The molecule has 2 atom stereocenters. The van der Waals surface area contributed by atoms with Crippen molar-refractivity contribution in [1.29, 1.82) is 0 Å². The van der Waals surface area contributed by atoms with E-state index in [9.17, 15) is 22.7 Å². The largest absolute Gasteiger partial charge is 0.392 e. The monoisotopic (exact) mass is 384 g/mol. The van der Waals surface area contributed by atoms with Crippen molar-refractivity contribution in [3.05, 3.63) is 30.1 Å². The van der Waals surface area contributed by atoms with Crippen molar-refractivity contribution in [3.63, 3.8) is 0 Å². The molecule has 1 aliphatic heterocycles. The van der Waals surface area contributed by atoms with Crippen LogP contribution in [0, 0.1) is 11.2 Å². The van der Waals surface area contributed by atoms with Crippen LogP contribution in [0.2, 0.25) is 0 Å². The Bertz CT molecular complexity index is 785. The Morgan fingerprint density at radius 1 is 1.38 bits per heavy atom. The number of hydrogen-bond donors (Lipinski definition) is 1. The van der Waals surface area contributed by atoms with Gasteiger partial charge in [-0.2, -0.15) is 0 Å². The summed E-state index contributed by atoms with van der Waals surface area (Å²) in [7, 11) is -3.74. The summed E-state index contributed by atoms with van der Waals surface area (Å²) < 4.78 is 38.8. The highest BCUT2D eigenvalue weighted by molar-refractivity contribution is 7.92. The molecule has 1 heterocycles. The predicted octanol–water partition coefficient (Wildman–Crippen LogP) is 1.75. The number of carbonyl (C=O) groups excluding carboxylic acids is 1. The molecule has 1 aromatic rings.